The zero-order chi connectivity index (χ0) is 12.4. The second-order valence-corrected chi connectivity index (χ2v) is 4.48. The van der Waals surface area contributed by atoms with Crippen molar-refractivity contribution in [3.8, 4) is 0 Å². The number of hydrogen-bond donors (Lipinski definition) is 3. The lowest BCUT2D eigenvalue weighted by Crippen LogP contribution is -2.34. The van der Waals surface area contributed by atoms with E-state index in [1.54, 1.807) is 6.07 Å². The van der Waals surface area contributed by atoms with Crippen molar-refractivity contribution in [1.82, 2.24) is 9.97 Å². The van der Waals surface area contributed by atoms with Crippen molar-refractivity contribution in [2.24, 2.45) is 11.7 Å². The van der Waals surface area contributed by atoms with Gasteiger partial charge in [-0.2, -0.15) is 0 Å². The van der Waals surface area contributed by atoms with Crippen LogP contribution in [0.1, 0.15) is 13.8 Å². The Labute approximate surface area is 99.4 Å². The molecule has 0 aliphatic carbocycles. The highest BCUT2D eigenvalue weighted by atomic mass is 19.1. The monoisotopic (exact) mass is 236 g/mol. The molecule has 1 atom stereocenters. The van der Waals surface area contributed by atoms with E-state index in [2.05, 4.69) is 29.1 Å². The fourth-order valence-corrected chi connectivity index (χ4v) is 1.72. The predicted molar refractivity (Wildman–Crippen MR) is 67.4 cm³/mol. The molecule has 5 heteroatoms. The number of nitrogens with zero attached hydrogens (tertiary/aromatic N) is 1. The Morgan fingerprint density at radius 3 is 2.88 bits per heavy atom. The minimum atomic E-state index is -0.271. The summed E-state index contributed by atoms with van der Waals surface area (Å²) in [7, 11) is 0. The normalized spacial score (nSPS) is 13.2. The number of rotatable bonds is 4. The Kier molecular flexibility index (Phi) is 3.28. The van der Waals surface area contributed by atoms with Crippen molar-refractivity contribution >= 4 is 17.0 Å². The third kappa shape index (κ3) is 2.55. The van der Waals surface area contributed by atoms with E-state index in [0.717, 1.165) is 5.52 Å². The number of nitrogens with two attached hydrogens (primary N) is 1. The molecule has 1 unspecified atom stereocenters. The largest absolute Gasteiger partial charge is 0.352 e. The van der Waals surface area contributed by atoms with Crippen molar-refractivity contribution in [2.45, 2.75) is 19.9 Å². The van der Waals surface area contributed by atoms with Crippen LogP contribution in [0.15, 0.2) is 18.2 Å². The van der Waals surface area contributed by atoms with Crippen LogP contribution in [0.2, 0.25) is 0 Å². The molecule has 92 valence electrons. The molecule has 0 fully saturated rings. The molecule has 2 aromatic rings. The number of aromatic nitrogens is 2. The molecule has 0 amide bonds. The van der Waals surface area contributed by atoms with Crippen molar-refractivity contribution < 1.29 is 4.39 Å². The first-order chi connectivity index (χ1) is 8.10. The first-order valence-electron chi connectivity index (χ1n) is 5.72. The molecule has 1 heterocycles. The summed E-state index contributed by atoms with van der Waals surface area (Å²) >= 11 is 0. The predicted octanol–water partition coefficient (Wildman–Crippen LogP) is 2.10. The van der Waals surface area contributed by atoms with Gasteiger partial charge in [0.05, 0.1) is 11.0 Å². The van der Waals surface area contributed by atoms with Crippen LogP contribution in [0.25, 0.3) is 11.0 Å². The van der Waals surface area contributed by atoms with E-state index in [-0.39, 0.29) is 11.9 Å². The Morgan fingerprint density at radius 2 is 2.24 bits per heavy atom. The zero-order valence-corrected chi connectivity index (χ0v) is 10.00. The van der Waals surface area contributed by atoms with Crippen LogP contribution in [0.5, 0.6) is 0 Å². The third-order valence-corrected chi connectivity index (χ3v) is 2.82. The Hall–Kier alpha value is -1.62. The number of anilines is 1. The molecular formula is C12H17FN4. The lowest BCUT2D eigenvalue weighted by molar-refractivity contribution is 0.529. The van der Waals surface area contributed by atoms with Crippen LogP contribution in [0.4, 0.5) is 10.3 Å². The molecule has 0 aliphatic heterocycles. The van der Waals surface area contributed by atoms with Gasteiger partial charge in [-0.3, -0.25) is 0 Å². The van der Waals surface area contributed by atoms with Crippen LogP contribution in [-0.4, -0.2) is 22.6 Å². The van der Waals surface area contributed by atoms with Gasteiger partial charge in [0.25, 0.3) is 0 Å². The van der Waals surface area contributed by atoms with Crippen LogP contribution >= 0.6 is 0 Å². The van der Waals surface area contributed by atoms with E-state index in [0.29, 0.717) is 23.9 Å². The van der Waals surface area contributed by atoms with E-state index >= 15 is 0 Å². The third-order valence-electron chi connectivity index (χ3n) is 2.82. The molecule has 4 N–H and O–H groups in total. The second-order valence-electron chi connectivity index (χ2n) is 4.48. The number of nitrogens with one attached hydrogen (secondary N) is 2. The molecule has 0 aliphatic rings. The maximum absolute atomic E-state index is 13.0. The SMILES string of the molecule is CC(C)C(CN)Nc1nc2ccc(F)cc2[nH]1. The summed E-state index contributed by atoms with van der Waals surface area (Å²) in [6.07, 6.45) is 0. The zero-order valence-electron chi connectivity index (χ0n) is 10.00. The molecule has 0 bridgehead atoms. The van der Waals surface area contributed by atoms with Gasteiger partial charge >= 0.3 is 0 Å². The summed E-state index contributed by atoms with van der Waals surface area (Å²) in [4.78, 5) is 7.37. The van der Waals surface area contributed by atoms with Crippen LogP contribution < -0.4 is 11.1 Å². The Bertz CT molecular complexity index is 506. The molecule has 4 nitrogen and oxygen atoms in total. The number of fused-ring (bicyclic) bond motifs is 1. The summed E-state index contributed by atoms with van der Waals surface area (Å²) in [5.41, 5.74) is 7.11. The van der Waals surface area contributed by atoms with Crippen LogP contribution in [-0.2, 0) is 0 Å². The van der Waals surface area contributed by atoms with Crippen molar-refractivity contribution in [1.29, 1.82) is 0 Å². The number of hydrogen-bond acceptors (Lipinski definition) is 3. The van der Waals surface area contributed by atoms with Crippen molar-refractivity contribution in [2.75, 3.05) is 11.9 Å². The lowest BCUT2D eigenvalue weighted by atomic mass is 10.1. The molecule has 0 saturated carbocycles. The average molecular weight is 236 g/mol. The first-order valence-corrected chi connectivity index (χ1v) is 5.72. The maximum atomic E-state index is 13.0. The number of benzene rings is 1. The van der Waals surface area contributed by atoms with E-state index in [1.807, 2.05) is 0 Å². The van der Waals surface area contributed by atoms with Gasteiger partial charge in [-0.25, -0.2) is 9.37 Å². The van der Waals surface area contributed by atoms with Crippen LogP contribution in [0, 0.1) is 11.7 Å². The van der Waals surface area contributed by atoms with Crippen LogP contribution in [0.3, 0.4) is 0 Å². The minimum Gasteiger partial charge on any atom is -0.352 e. The molecule has 1 aromatic heterocycles. The smallest absolute Gasteiger partial charge is 0.201 e. The minimum absolute atomic E-state index is 0.153. The van der Waals surface area contributed by atoms with E-state index in [4.69, 9.17) is 5.73 Å². The molecule has 0 spiro atoms. The highest BCUT2D eigenvalue weighted by molar-refractivity contribution is 5.77. The van der Waals surface area contributed by atoms with E-state index in [9.17, 15) is 4.39 Å². The van der Waals surface area contributed by atoms with Gasteiger partial charge in [0.2, 0.25) is 5.95 Å². The molecule has 1 aromatic carbocycles. The molecule has 17 heavy (non-hydrogen) atoms. The summed E-state index contributed by atoms with van der Waals surface area (Å²) in [5.74, 6) is 0.770. The second kappa shape index (κ2) is 4.71. The van der Waals surface area contributed by atoms with E-state index < -0.39 is 0 Å². The highest BCUT2D eigenvalue weighted by Gasteiger charge is 2.13. The summed E-state index contributed by atoms with van der Waals surface area (Å²) in [5, 5.41) is 3.22. The average Bonchev–Trinajstić information content (AvgIpc) is 2.66. The van der Waals surface area contributed by atoms with Gasteiger partial charge in [-0.1, -0.05) is 13.8 Å². The summed E-state index contributed by atoms with van der Waals surface area (Å²) in [6.45, 7) is 4.71. The highest BCUT2D eigenvalue weighted by Crippen LogP contribution is 2.17. The standard InChI is InChI=1S/C12H17FN4/c1-7(2)11(6-14)17-12-15-9-4-3-8(13)5-10(9)16-12/h3-5,7,11H,6,14H2,1-2H3,(H2,15,16,17). The lowest BCUT2D eigenvalue weighted by Gasteiger charge is -2.19. The summed E-state index contributed by atoms with van der Waals surface area (Å²) in [6, 6.07) is 4.63. The number of halogens is 1. The Balaban J connectivity index is 2.24. The fraction of sp³-hybridized carbons (Fsp3) is 0.417. The first kappa shape index (κ1) is 11.9. The molecule has 2 rings (SSSR count). The van der Waals surface area contributed by atoms with Crippen molar-refractivity contribution in [3.05, 3.63) is 24.0 Å². The number of H-pyrrole nitrogens is 1. The van der Waals surface area contributed by atoms with Gasteiger partial charge < -0.3 is 16.0 Å². The Morgan fingerprint density at radius 1 is 1.47 bits per heavy atom. The topological polar surface area (TPSA) is 66.7 Å². The van der Waals surface area contributed by atoms with Crippen molar-refractivity contribution in [3.63, 3.8) is 0 Å². The van der Waals surface area contributed by atoms with Gasteiger partial charge in [-0.05, 0) is 24.1 Å². The number of aromatic amines is 1. The quantitative estimate of drug-likeness (QED) is 0.761. The molecule has 0 radical (unpaired) electrons. The van der Waals surface area contributed by atoms with Gasteiger partial charge in [0.1, 0.15) is 5.82 Å². The van der Waals surface area contributed by atoms with Gasteiger partial charge in [-0.15, -0.1) is 0 Å². The summed E-state index contributed by atoms with van der Waals surface area (Å²) < 4.78 is 13.0. The van der Waals surface area contributed by atoms with E-state index in [1.165, 1.54) is 12.1 Å². The number of imidazole rings is 1. The maximum Gasteiger partial charge on any atom is 0.201 e. The fourth-order valence-electron chi connectivity index (χ4n) is 1.72. The van der Waals surface area contributed by atoms with Gasteiger partial charge in [0.15, 0.2) is 0 Å². The molecule has 0 saturated heterocycles. The van der Waals surface area contributed by atoms with Gasteiger partial charge in [0, 0.05) is 12.6 Å². The molecular weight excluding hydrogens is 219 g/mol.